The van der Waals surface area contributed by atoms with E-state index in [0.29, 0.717) is 0 Å². The number of hydrogen-bond donors (Lipinski definition) is 1. The fourth-order valence-electron chi connectivity index (χ4n) is 0.186. The molecule has 0 saturated carbocycles. The van der Waals surface area contributed by atoms with Crippen molar-refractivity contribution in [2.75, 3.05) is 0 Å². The summed E-state index contributed by atoms with van der Waals surface area (Å²) >= 11 is 0. The highest BCUT2D eigenvalue weighted by atomic mass is 16.6. The van der Waals surface area contributed by atoms with Crippen LogP contribution in [0.3, 0.4) is 0 Å². The zero-order chi connectivity index (χ0) is 7.44. The van der Waals surface area contributed by atoms with Crippen LogP contribution in [0.4, 0.5) is 0 Å². The molecule has 10 heavy (non-hydrogen) atoms. The highest BCUT2D eigenvalue weighted by Crippen LogP contribution is 1.82. The van der Waals surface area contributed by atoms with Crippen molar-refractivity contribution in [1.29, 1.82) is 5.26 Å². The first-order chi connectivity index (χ1) is 4.09. The third-order valence-corrected chi connectivity index (χ3v) is 0.556. The second kappa shape index (κ2) is 4.22. The molecule has 0 fully saturated rings. The highest BCUT2D eigenvalue weighted by Gasteiger charge is 2.19. The van der Waals surface area contributed by atoms with E-state index < -0.39 is 16.9 Å². The van der Waals surface area contributed by atoms with Crippen LogP contribution in [0.1, 0.15) is 0 Å². The van der Waals surface area contributed by atoms with E-state index in [1.54, 1.807) is 0 Å². The van der Waals surface area contributed by atoms with Crippen molar-refractivity contribution in [3.8, 4) is 6.07 Å². The Kier molecular flexibility index (Phi) is 4.71. The molecule has 0 aromatic heterocycles. The number of nitriles is 1. The van der Waals surface area contributed by atoms with Crippen LogP contribution in [-0.2, 0) is 4.79 Å². The normalized spacial score (nSPS) is 10.3. The van der Waals surface area contributed by atoms with Crippen LogP contribution in [0.5, 0.6) is 0 Å². The summed E-state index contributed by atoms with van der Waals surface area (Å²) in [4.78, 5) is 17.9. The van der Waals surface area contributed by atoms with E-state index in [4.69, 9.17) is 5.26 Å². The minimum absolute atomic E-state index is 0. The van der Waals surface area contributed by atoms with Gasteiger partial charge in [0.25, 0.3) is 0 Å². The van der Waals surface area contributed by atoms with Crippen LogP contribution in [0.25, 0.3) is 0 Å². The second-order valence-electron chi connectivity index (χ2n) is 1.14. The van der Waals surface area contributed by atoms with E-state index >= 15 is 0 Å². The van der Waals surface area contributed by atoms with E-state index in [9.17, 15) is 20.0 Å². The van der Waals surface area contributed by atoms with Gasteiger partial charge in [0.15, 0.2) is 6.07 Å². The molecule has 0 amide bonds. The molecule has 0 aromatic carbocycles. The first kappa shape index (κ1) is 11.2. The molecule has 0 aliphatic rings. The van der Waals surface area contributed by atoms with Crippen molar-refractivity contribution in [2.24, 2.45) is 0 Å². The van der Waals surface area contributed by atoms with Crippen molar-refractivity contribution in [3.63, 3.8) is 0 Å². The molecule has 1 unspecified atom stereocenters. The van der Waals surface area contributed by atoms with Gasteiger partial charge in [-0.3, -0.25) is 10.1 Å². The lowest BCUT2D eigenvalue weighted by atomic mass is 10.4. The lowest BCUT2D eigenvalue weighted by molar-refractivity contribution is -0.509. The monoisotopic (exact) mass is 147 g/mol. The molecular formula is C3H5N3O4. The molecule has 0 bridgehead atoms. The second-order valence-corrected chi connectivity index (χ2v) is 1.14. The van der Waals surface area contributed by atoms with Gasteiger partial charge in [-0.25, -0.2) is 0 Å². The maximum atomic E-state index is 9.60. The van der Waals surface area contributed by atoms with Crippen LogP contribution in [0.2, 0.25) is 0 Å². The summed E-state index contributed by atoms with van der Waals surface area (Å²) in [5.74, 6) is -1.98. The average molecular weight is 147 g/mol. The van der Waals surface area contributed by atoms with Crippen molar-refractivity contribution in [1.82, 2.24) is 6.15 Å². The number of carbonyl (C=O) groups excluding carboxylic acids is 1. The molecule has 0 aliphatic heterocycles. The van der Waals surface area contributed by atoms with E-state index in [1.165, 1.54) is 0 Å². The van der Waals surface area contributed by atoms with Crippen LogP contribution >= 0.6 is 0 Å². The number of quaternary nitrogens is 1. The van der Waals surface area contributed by atoms with Crippen molar-refractivity contribution >= 4 is 5.97 Å². The topological polar surface area (TPSA) is 144 Å². The number of nitro groups is 1. The highest BCUT2D eigenvalue weighted by molar-refractivity contribution is 5.72. The molecule has 7 nitrogen and oxygen atoms in total. The largest absolute Gasteiger partial charge is 0.542 e. The predicted molar refractivity (Wildman–Crippen MR) is 27.4 cm³/mol. The summed E-state index contributed by atoms with van der Waals surface area (Å²) in [5, 5.41) is 26.9. The Morgan fingerprint density at radius 1 is 1.70 bits per heavy atom. The van der Waals surface area contributed by atoms with Crippen LogP contribution in [0, 0.1) is 21.4 Å². The molecule has 0 heterocycles. The van der Waals surface area contributed by atoms with Crippen LogP contribution in [0.15, 0.2) is 0 Å². The minimum Gasteiger partial charge on any atom is -0.542 e. The van der Waals surface area contributed by atoms with E-state index in [2.05, 4.69) is 0 Å². The number of aliphatic carboxylic acids is 1. The Labute approximate surface area is 55.6 Å². The molecule has 0 spiro atoms. The Morgan fingerprint density at radius 2 is 2.10 bits per heavy atom. The van der Waals surface area contributed by atoms with E-state index in [0.717, 1.165) is 6.07 Å². The minimum atomic E-state index is -2.25. The molecule has 0 saturated heterocycles. The first-order valence-corrected chi connectivity index (χ1v) is 1.83. The Balaban J connectivity index is 0. The van der Waals surface area contributed by atoms with Gasteiger partial charge in [-0.15, -0.1) is 0 Å². The molecular weight excluding hydrogens is 142 g/mol. The quantitative estimate of drug-likeness (QED) is 0.364. The number of rotatable bonds is 2. The third kappa shape index (κ3) is 2.58. The summed E-state index contributed by atoms with van der Waals surface area (Å²) < 4.78 is 0. The van der Waals surface area contributed by atoms with E-state index in [1.807, 2.05) is 0 Å². The predicted octanol–water partition coefficient (Wildman–Crippen LogP) is -1.72. The smallest absolute Gasteiger partial charge is 0.335 e. The van der Waals surface area contributed by atoms with Gasteiger partial charge >= 0.3 is 6.04 Å². The number of hydrogen-bond acceptors (Lipinski definition) is 5. The maximum Gasteiger partial charge on any atom is 0.335 e. The molecule has 0 aliphatic carbocycles. The summed E-state index contributed by atoms with van der Waals surface area (Å²) in [6.45, 7) is 0. The number of carbonyl (C=O) groups is 1. The number of carboxylic acid groups (broad SMARTS) is 1. The molecule has 0 aromatic rings. The molecule has 0 radical (unpaired) electrons. The van der Waals surface area contributed by atoms with Gasteiger partial charge in [0.2, 0.25) is 0 Å². The van der Waals surface area contributed by atoms with Gasteiger partial charge in [-0.1, -0.05) is 0 Å². The van der Waals surface area contributed by atoms with Crippen molar-refractivity contribution in [2.45, 2.75) is 6.04 Å². The number of nitrogens with zero attached hydrogens (tertiary/aromatic N) is 2. The van der Waals surface area contributed by atoms with Crippen LogP contribution in [-0.4, -0.2) is 16.9 Å². The van der Waals surface area contributed by atoms with Gasteiger partial charge in [-0.2, -0.15) is 5.26 Å². The zero-order valence-electron chi connectivity index (χ0n) is 5.10. The van der Waals surface area contributed by atoms with Gasteiger partial charge in [0.05, 0.1) is 0 Å². The third-order valence-electron chi connectivity index (χ3n) is 0.556. The Bertz CT molecular complexity index is 169. The van der Waals surface area contributed by atoms with Gasteiger partial charge in [0, 0.05) is 4.92 Å². The molecule has 0 rings (SSSR count). The molecule has 4 N–H and O–H groups in total. The summed E-state index contributed by atoms with van der Waals surface area (Å²) in [6.07, 6.45) is 0. The summed E-state index contributed by atoms with van der Waals surface area (Å²) in [6, 6.07) is -1.31. The maximum absolute atomic E-state index is 9.60. The lowest BCUT2D eigenvalue weighted by Crippen LogP contribution is -2.39. The van der Waals surface area contributed by atoms with Gasteiger partial charge in [-0.05, 0) is 0 Å². The molecule has 1 atom stereocenters. The van der Waals surface area contributed by atoms with Crippen molar-refractivity contribution in [3.05, 3.63) is 10.1 Å². The van der Waals surface area contributed by atoms with Gasteiger partial charge < -0.3 is 16.1 Å². The lowest BCUT2D eigenvalue weighted by Gasteiger charge is -1.98. The standard InChI is InChI=1S/C3H2N2O4.H3N/c4-1-2(3(6)7)5(8)9;/h2H,(H,6,7);1H3. The van der Waals surface area contributed by atoms with Crippen molar-refractivity contribution < 1.29 is 14.8 Å². The fourth-order valence-corrected chi connectivity index (χ4v) is 0.186. The molecule has 56 valence electrons. The number of carboxylic acids is 1. The first-order valence-electron chi connectivity index (χ1n) is 1.83. The average Bonchev–Trinajstić information content (AvgIpc) is 1.64. The molecule has 7 heteroatoms. The summed E-state index contributed by atoms with van der Waals surface area (Å²) in [7, 11) is 0. The van der Waals surface area contributed by atoms with Gasteiger partial charge in [0.1, 0.15) is 5.97 Å². The SMILES string of the molecule is N#CC(C(=O)[O-])[N+](=O)[O-].[NH4+]. The zero-order valence-corrected chi connectivity index (χ0v) is 5.10. The van der Waals surface area contributed by atoms with Crippen LogP contribution < -0.4 is 11.3 Å². The Morgan fingerprint density at radius 3 is 2.10 bits per heavy atom. The Hall–Kier alpha value is -1.68. The summed E-state index contributed by atoms with van der Waals surface area (Å²) in [5.41, 5.74) is 0. The fraction of sp³-hybridized carbons (Fsp3) is 0.333. The van der Waals surface area contributed by atoms with E-state index in [-0.39, 0.29) is 6.15 Å².